The lowest BCUT2D eigenvalue weighted by molar-refractivity contribution is -0.130. The molecule has 0 spiro atoms. The van der Waals surface area contributed by atoms with Crippen molar-refractivity contribution in [1.29, 1.82) is 0 Å². The second-order valence-electron chi connectivity index (χ2n) is 13.8. The molecule has 0 saturated carbocycles. The molecule has 0 aromatic heterocycles. The second kappa shape index (κ2) is 25.4. The van der Waals surface area contributed by atoms with Crippen molar-refractivity contribution in [2.45, 2.75) is 143 Å². The minimum Gasteiger partial charge on any atom is -0.346 e. The Bertz CT molecular complexity index is 640. The van der Waals surface area contributed by atoms with Gasteiger partial charge in [0.2, 0.25) is 11.8 Å². The molecule has 6 nitrogen and oxygen atoms in total. The van der Waals surface area contributed by atoms with Crippen LogP contribution in [-0.4, -0.2) is 98.9 Å². The van der Waals surface area contributed by atoms with Gasteiger partial charge in [-0.3, -0.25) is 9.59 Å². The lowest BCUT2D eigenvalue weighted by Gasteiger charge is -2.26. The number of hydrogen-bond donors (Lipinski definition) is 0. The molecule has 6 heteroatoms. The first-order valence-corrected chi connectivity index (χ1v) is 17.3. The molecule has 0 radical (unpaired) electrons. The minimum absolute atomic E-state index is 0.309. The van der Waals surface area contributed by atoms with Crippen LogP contribution in [0.3, 0.4) is 0 Å². The van der Waals surface area contributed by atoms with Gasteiger partial charge in [0.15, 0.2) is 0 Å². The maximum atomic E-state index is 12.4. The summed E-state index contributed by atoms with van der Waals surface area (Å²) in [7, 11) is 10.4. The van der Waals surface area contributed by atoms with E-state index in [4.69, 9.17) is 0 Å². The van der Waals surface area contributed by atoms with Crippen LogP contribution in [0.15, 0.2) is 0 Å². The van der Waals surface area contributed by atoms with Crippen LogP contribution >= 0.6 is 0 Å². The Hall–Kier alpha value is -1.14. The first-order valence-electron chi connectivity index (χ1n) is 17.3. The molecule has 0 fully saturated rings. The Balaban J connectivity index is 3.81. The molecule has 2 amide bonds. The molecular weight excluding hydrogens is 508 g/mol. The van der Waals surface area contributed by atoms with E-state index in [0.29, 0.717) is 42.5 Å². The number of hydrogen-bond acceptors (Lipinski definition) is 4. The highest BCUT2D eigenvalue weighted by atomic mass is 16.2. The smallest absolute Gasteiger partial charge is 0.222 e. The van der Waals surface area contributed by atoms with Crippen molar-refractivity contribution in [3.8, 4) is 0 Å². The van der Waals surface area contributed by atoms with Gasteiger partial charge in [0.1, 0.15) is 0 Å². The fraction of sp³-hybridized carbons (Fsp3) is 0.943. The molecule has 244 valence electrons. The summed E-state index contributed by atoms with van der Waals surface area (Å²) in [6, 6.07) is 0.602. The fourth-order valence-electron chi connectivity index (χ4n) is 5.38. The van der Waals surface area contributed by atoms with Gasteiger partial charge in [-0.25, -0.2) is 0 Å². The summed E-state index contributed by atoms with van der Waals surface area (Å²) in [5.41, 5.74) is 0. The summed E-state index contributed by atoms with van der Waals surface area (Å²) in [5, 5.41) is 0. The second-order valence-corrected chi connectivity index (χ2v) is 13.8. The van der Waals surface area contributed by atoms with Gasteiger partial charge in [-0.1, -0.05) is 52.9 Å². The summed E-state index contributed by atoms with van der Waals surface area (Å²) >= 11 is 0. The van der Waals surface area contributed by atoms with E-state index in [9.17, 15) is 9.59 Å². The highest BCUT2D eigenvalue weighted by Crippen LogP contribution is 2.17. The Morgan fingerprint density at radius 3 is 1.46 bits per heavy atom. The normalized spacial score (nSPS) is 13.3. The quantitative estimate of drug-likeness (QED) is 0.0934. The zero-order valence-corrected chi connectivity index (χ0v) is 29.2. The molecule has 0 rings (SSSR count). The number of carbonyl (C=O) groups is 2. The predicted molar refractivity (Wildman–Crippen MR) is 178 cm³/mol. The van der Waals surface area contributed by atoms with E-state index < -0.39 is 0 Å². The third-order valence-corrected chi connectivity index (χ3v) is 8.79. The van der Waals surface area contributed by atoms with E-state index >= 15 is 0 Å². The van der Waals surface area contributed by atoms with Crippen molar-refractivity contribution in [1.82, 2.24) is 19.6 Å². The van der Waals surface area contributed by atoms with Crippen molar-refractivity contribution in [2.75, 3.05) is 61.4 Å². The first-order chi connectivity index (χ1) is 19.4. The van der Waals surface area contributed by atoms with Gasteiger partial charge in [-0.15, -0.1) is 0 Å². The summed E-state index contributed by atoms with van der Waals surface area (Å²) in [5.74, 6) is 2.05. The highest BCUT2D eigenvalue weighted by Gasteiger charge is 2.13. The maximum absolute atomic E-state index is 12.4. The molecule has 0 N–H and O–H groups in total. The average Bonchev–Trinajstić information content (AvgIpc) is 2.91. The molecule has 2 atom stereocenters. The van der Waals surface area contributed by atoms with Crippen LogP contribution in [0.4, 0.5) is 0 Å². The van der Waals surface area contributed by atoms with Gasteiger partial charge in [0.05, 0.1) is 0 Å². The van der Waals surface area contributed by atoms with Crippen molar-refractivity contribution in [2.24, 2.45) is 11.8 Å². The lowest BCUT2D eigenvalue weighted by Crippen LogP contribution is -2.30. The van der Waals surface area contributed by atoms with Crippen LogP contribution in [-0.2, 0) is 9.59 Å². The SMILES string of the molecule is CC(C)CCCN(C)C(=O)CCCCCCN(C)C(C)CCC(C)CCCN(C)C(=O)CCCCCCCN(C)C. The van der Waals surface area contributed by atoms with Crippen LogP contribution in [0.25, 0.3) is 0 Å². The Kier molecular flexibility index (Phi) is 24.7. The topological polar surface area (TPSA) is 47.1 Å². The maximum Gasteiger partial charge on any atom is 0.222 e. The van der Waals surface area contributed by atoms with Crippen LogP contribution in [0.2, 0.25) is 0 Å². The van der Waals surface area contributed by atoms with Crippen LogP contribution < -0.4 is 0 Å². The van der Waals surface area contributed by atoms with E-state index in [1.165, 1.54) is 64.2 Å². The summed E-state index contributed by atoms with van der Waals surface area (Å²) in [4.78, 5) is 33.4. The fourth-order valence-corrected chi connectivity index (χ4v) is 5.38. The van der Waals surface area contributed by atoms with Crippen molar-refractivity contribution in [3.63, 3.8) is 0 Å². The lowest BCUT2D eigenvalue weighted by atomic mass is 9.97. The number of unbranched alkanes of at least 4 members (excludes halogenated alkanes) is 7. The standard InChI is InChI=1S/C35H72N4O2/c1-31(2)21-19-29-38(8)34(40)24-16-12-14-18-28-37(7)33(4)26-25-32(3)22-20-30-39(9)35(41)23-15-11-10-13-17-27-36(5)6/h31-33H,10-30H2,1-9H3. The van der Waals surface area contributed by atoms with Crippen LogP contribution in [0, 0.1) is 11.8 Å². The van der Waals surface area contributed by atoms with E-state index in [-0.39, 0.29) is 0 Å². The zero-order chi connectivity index (χ0) is 31.0. The van der Waals surface area contributed by atoms with Gasteiger partial charge in [0.25, 0.3) is 0 Å². The summed E-state index contributed by atoms with van der Waals surface area (Å²) < 4.78 is 0. The number of nitrogens with zero attached hydrogens (tertiary/aromatic N) is 4. The molecule has 0 aliphatic heterocycles. The van der Waals surface area contributed by atoms with Crippen molar-refractivity contribution < 1.29 is 9.59 Å². The van der Waals surface area contributed by atoms with Crippen LogP contribution in [0.5, 0.6) is 0 Å². The third kappa shape index (κ3) is 24.0. The molecule has 41 heavy (non-hydrogen) atoms. The van der Waals surface area contributed by atoms with Gasteiger partial charge in [-0.05, 0) is 117 Å². The number of amides is 2. The number of carbonyl (C=O) groups excluding carboxylic acids is 2. The van der Waals surface area contributed by atoms with Gasteiger partial charge < -0.3 is 19.6 Å². The van der Waals surface area contributed by atoms with Gasteiger partial charge in [0, 0.05) is 46.1 Å². The zero-order valence-electron chi connectivity index (χ0n) is 29.2. The van der Waals surface area contributed by atoms with Crippen molar-refractivity contribution in [3.05, 3.63) is 0 Å². The predicted octanol–water partition coefficient (Wildman–Crippen LogP) is 7.71. The molecule has 0 aliphatic carbocycles. The Morgan fingerprint density at radius 1 is 0.488 bits per heavy atom. The first kappa shape index (κ1) is 39.9. The average molecular weight is 581 g/mol. The molecule has 0 bridgehead atoms. The Morgan fingerprint density at radius 2 is 0.951 bits per heavy atom. The molecule has 0 saturated heterocycles. The third-order valence-electron chi connectivity index (χ3n) is 8.79. The van der Waals surface area contributed by atoms with Gasteiger partial charge in [-0.2, -0.15) is 0 Å². The van der Waals surface area contributed by atoms with E-state index in [1.54, 1.807) is 0 Å². The monoisotopic (exact) mass is 581 g/mol. The summed E-state index contributed by atoms with van der Waals surface area (Å²) in [6.07, 6.45) is 19.1. The molecule has 2 unspecified atom stereocenters. The van der Waals surface area contributed by atoms with Gasteiger partial charge >= 0.3 is 0 Å². The molecule has 0 aromatic carbocycles. The summed E-state index contributed by atoms with van der Waals surface area (Å²) in [6.45, 7) is 13.3. The van der Waals surface area contributed by atoms with E-state index in [0.717, 1.165) is 58.3 Å². The number of rotatable bonds is 27. The largest absolute Gasteiger partial charge is 0.346 e. The van der Waals surface area contributed by atoms with E-state index in [1.807, 2.05) is 23.9 Å². The molecule has 0 heterocycles. The molecule has 0 aromatic rings. The minimum atomic E-state index is 0.309. The highest BCUT2D eigenvalue weighted by molar-refractivity contribution is 5.76. The van der Waals surface area contributed by atoms with Crippen LogP contribution in [0.1, 0.15) is 137 Å². The van der Waals surface area contributed by atoms with Crippen molar-refractivity contribution >= 4 is 11.8 Å². The Labute approximate surface area is 257 Å². The molecular formula is C35H72N4O2. The molecule has 0 aliphatic rings. The van der Waals surface area contributed by atoms with E-state index in [2.05, 4.69) is 58.6 Å².